The zero-order chi connectivity index (χ0) is 12.3. The average Bonchev–Trinajstić information content (AvgIpc) is 2.07. The summed E-state index contributed by atoms with van der Waals surface area (Å²) in [6.07, 6.45) is 1.67. The minimum atomic E-state index is -0.504. The Labute approximate surface area is 104 Å². The zero-order valence-corrected chi connectivity index (χ0v) is 10.6. The van der Waals surface area contributed by atoms with E-state index in [1.54, 1.807) is 6.07 Å². The van der Waals surface area contributed by atoms with E-state index in [4.69, 9.17) is 28.9 Å². The van der Waals surface area contributed by atoms with Crippen molar-refractivity contribution in [3.8, 4) is 0 Å². The van der Waals surface area contributed by atoms with Crippen LogP contribution in [0.25, 0.3) is 0 Å². The molecule has 16 heavy (non-hydrogen) atoms. The number of carbonyl (C=O) groups is 1. The van der Waals surface area contributed by atoms with Crippen LogP contribution in [0.2, 0.25) is 10.0 Å². The van der Waals surface area contributed by atoms with Gasteiger partial charge in [0.15, 0.2) is 0 Å². The molecule has 0 radical (unpaired) electrons. The Hall–Kier alpha value is -1.000. The van der Waals surface area contributed by atoms with Gasteiger partial charge in [0.25, 0.3) is 0 Å². The van der Waals surface area contributed by atoms with Crippen LogP contribution in [0, 0.1) is 0 Å². The maximum atomic E-state index is 10.9. The molecule has 6 heteroatoms. The fraction of sp³-hybridized carbons (Fsp3) is 0.400. The number of hydrogen-bond acceptors (Lipinski definition) is 3. The summed E-state index contributed by atoms with van der Waals surface area (Å²) in [6, 6.07) is 1.58. The molecule has 0 spiro atoms. The summed E-state index contributed by atoms with van der Waals surface area (Å²) in [6.45, 7) is 3.68. The molecule has 4 nitrogen and oxygen atoms in total. The summed E-state index contributed by atoms with van der Waals surface area (Å²) < 4.78 is 0. The number of hydrogen-bond donors (Lipinski definition) is 2. The van der Waals surface area contributed by atoms with Crippen LogP contribution in [0.3, 0.4) is 0 Å². The highest BCUT2D eigenvalue weighted by molar-refractivity contribution is 6.35. The van der Waals surface area contributed by atoms with Crippen molar-refractivity contribution >= 4 is 34.9 Å². The summed E-state index contributed by atoms with van der Waals surface area (Å²) >= 11 is 11.7. The Kier molecular flexibility index (Phi) is 3.99. The minimum absolute atomic E-state index is 0.188. The van der Waals surface area contributed by atoms with Gasteiger partial charge in [0.05, 0.1) is 10.0 Å². The van der Waals surface area contributed by atoms with Crippen LogP contribution in [0.15, 0.2) is 12.3 Å². The van der Waals surface area contributed by atoms with Gasteiger partial charge in [-0.25, -0.2) is 4.98 Å². The standard InChI is InChI=1S/C10H13Cl2N3O/c1-10(2,4-8(13)16)15-9-7(12)3-6(11)5-14-9/h3,5H,4H2,1-2H3,(H2,13,16)(H,14,15). The molecule has 1 aromatic rings. The molecular formula is C10H13Cl2N3O. The highest BCUT2D eigenvalue weighted by atomic mass is 35.5. The molecule has 0 unspecified atom stereocenters. The van der Waals surface area contributed by atoms with E-state index in [1.165, 1.54) is 6.20 Å². The number of carbonyl (C=O) groups excluding carboxylic acids is 1. The lowest BCUT2D eigenvalue weighted by Gasteiger charge is -2.25. The van der Waals surface area contributed by atoms with Crippen LogP contribution >= 0.6 is 23.2 Å². The first-order valence-corrected chi connectivity index (χ1v) is 5.43. The summed E-state index contributed by atoms with van der Waals surface area (Å²) in [7, 11) is 0. The molecule has 1 amide bonds. The molecule has 0 aliphatic rings. The lowest BCUT2D eigenvalue weighted by Crippen LogP contribution is -2.36. The molecule has 1 aromatic heterocycles. The molecule has 0 bridgehead atoms. The van der Waals surface area contributed by atoms with Crippen molar-refractivity contribution in [2.75, 3.05) is 5.32 Å². The Morgan fingerprint density at radius 1 is 1.56 bits per heavy atom. The zero-order valence-electron chi connectivity index (χ0n) is 9.05. The number of nitrogens with one attached hydrogen (secondary N) is 1. The number of amides is 1. The molecule has 88 valence electrons. The van der Waals surface area contributed by atoms with Crippen molar-refractivity contribution in [3.05, 3.63) is 22.3 Å². The third-order valence-electron chi connectivity index (χ3n) is 1.88. The van der Waals surface area contributed by atoms with E-state index in [0.717, 1.165) is 0 Å². The predicted molar refractivity (Wildman–Crippen MR) is 65.8 cm³/mol. The van der Waals surface area contributed by atoms with E-state index in [2.05, 4.69) is 10.3 Å². The number of primary amides is 1. The van der Waals surface area contributed by atoms with Gasteiger partial charge in [-0.15, -0.1) is 0 Å². The molecule has 0 fully saturated rings. The first kappa shape index (κ1) is 13.1. The topological polar surface area (TPSA) is 68.0 Å². The third-order valence-corrected chi connectivity index (χ3v) is 2.38. The number of nitrogens with zero attached hydrogens (tertiary/aromatic N) is 1. The number of anilines is 1. The molecule has 0 aromatic carbocycles. The van der Waals surface area contributed by atoms with Crippen molar-refractivity contribution in [1.82, 2.24) is 4.98 Å². The first-order chi connectivity index (χ1) is 7.30. The van der Waals surface area contributed by atoms with Crippen molar-refractivity contribution in [2.45, 2.75) is 25.8 Å². The number of aromatic nitrogens is 1. The number of halogens is 2. The van der Waals surface area contributed by atoms with Crippen molar-refractivity contribution < 1.29 is 4.79 Å². The second kappa shape index (κ2) is 4.89. The van der Waals surface area contributed by atoms with E-state index >= 15 is 0 Å². The van der Waals surface area contributed by atoms with Crippen LogP contribution < -0.4 is 11.1 Å². The summed E-state index contributed by atoms with van der Waals surface area (Å²) in [5.74, 6) is 0.0971. The Morgan fingerprint density at radius 2 is 2.19 bits per heavy atom. The minimum Gasteiger partial charge on any atom is -0.370 e. The van der Waals surface area contributed by atoms with E-state index in [9.17, 15) is 4.79 Å². The molecule has 0 aliphatic carbocycles. The normalized spacial score (nSPS) is 11.2. The maximum Gasteiger partial charge on any atom is 0.219 e. The molecule has 1 rings (SSSR count). The van der Waals surface area contributed by atoms with Crippen LogP contribution in [-0.4, -0.2) is 16.4 Å². The second-order valence-corrected chi connectivity index (χ2v) is 4.98. The van der Waals surface area contributed by atoms with Gasteiger partial charge in [0, 0.05) is 18.2 Å². The molecule has 1 heterocycles. The summed E-state index contributed by atoms with van der Waals surface area (Å²) in [4.78, 5) is 14.9. The first-order valence-electron chi connectivity index (χ1n) is 4.68. The molecular weight excluding hydrogens is 249 g/mol. The second-order valence-electron chi connectivity index (χ2n) is 4.14. The van der Waals surface area contributed by atoms with E-state index in [1.807, 2.05) is 13.8 Å². The SMILES string of the molecule is CC(C)(CC(N)=O)Nc1ncc(Cl)cc1Cl. The van der Waals surface area contributed by atoms with Gasteiger partial charge in [0.1, 0.15) is 5.82 Å². The predicted octanol–water partition coefficient (Wildman–Crippen LogP) is 2.45. The number of nitrogens with two attached hydrogens (primary N) is 1. The Balaban J connectivity index is 2.83. The molecule has 0 atom stereocenters. The smallest absolute Gasteiger partial charge is 0.219 e. The molecule has 0 saturated carbocycles. The molecule has 3 N–H and O–H groups in total. The largest absolute Gasteiger partial charge is 0.370 e. The highest BCUT2D eigenvalue weighted by Gasteiger charge is 2.21. The highest BCUT2D eigenvalue weighted by Crippen LogP contribution is 2.26. The fourth-order valence-electron chi connectivity index (χ4n) is 1.31. The van der Waals surface area contributed by atoms with Crippen LogP contribution in [0.5, 0.6) is 0 Å². The summed E-state index contributed by atoms with van der Waals surface area (Å²) in [5.41, 5.74) is 4.64. The van der Waals surface area contributed by atoms with Gasteiger partial charge in [0.2, 0.25) is 5.91 Å². The quantitative estimate of drug-likeness (QED) is 0.875. The lowest BCUT2D eigenvalue weighted by molar-refractivity contribution is -0.118. The monoisotopic (exact) mass is 261 g/mol. The van der Waals surface area contributed by atoms with Gasteiger partial charge in [-0.1, -0.05) is 23.2 Å². The van der Waals surface area contributed by atoms with Crippen molar-refractivity contribution in [2.24, 2.45) is 5.73 Å². The van der Waals surface area contributed by atoms with Gasteiger partial charge in [-0.3, -0.25) is 4.79 Å². The maximum absolute atomic E-state index is 10.9. The third kappa shape index (κ3) is 3.87. The average molecular weight is 262 g/mol. The Morgan fingerprint density at radius 3 is 2.69 bits per heavy atom. The van der Waals surface area contributed by atoms with Crippen LogP contribution in [0.1, 0.15) is 20.3 Å². The van der Waals surface area contributed by atoms with Gasteiger partial charge < -0.3 is 11.1 Å². The van der Waals surface area contributed by atoms with Crippen LogP contribution in [0.4, 0.5) is 5.82 Å². The molecule has 0 aliphatic heterocycles. The van der Waals surface area contributed by atoms with Gasteiger partial charge >= 0.3 is 0 Å². The number of rotatable bonds is 4. The van der Waals surface area contributed by atoms with Gasteiger partial charge in [-0.2, -0.15) is 0 Å². The number of pyridine rings is 1. The lowest BCUT2D eigenvalue weighted by atomic mass is 10.0. The van der Waals surface area contributed by atoms with Crippen molar-refractivity contribution in [1.29, 1.82) is 0 Å². The van der Waals surface area contributed by atoms with Crippen LogP contribution in [-0.2, 0) is 4.79 Å². The fourth-order valence-corrected chi connectivity index (χ4v) is 1.73. The van der Waals surface area contributed by atoms with Crippen molar-refractivity contribution in [3.63, 3.8) is 0 Å². The van der Waals surface area contributed by atoms with E-state index < -0.39 is 5.54 Å². The Bertz CT molecular complexity index is 407. The van der Waals surface area contributed by atoms with Gasteiger partial charge in [-0.05, 0) is 19.9 Å². The molecule has 0 saturated heterocycles. The van der Waals surface area contributed by atoms with E-state index in [0.29, 0.717) is 15.9 Å². The summed E-state index contributed by atoms with van der Waals surface area (Å²) in [5, 5.41) is 3.91. The van der Waals surface area contributed by atoms with E-state index in [-0.39, 0.29) is 12.3 Å².